The van der Waals surface area contributed by atoms with Gasteiger partial charge < -0.3 is 15.5 Å². The molecule has 1 atom stereocenters. The molecule has 35 heavy (non-hydrogen) atoms. The number of piperazine rings is 1. The molecule has 0 saturated carbocycles. The maximum Gasteiger partial charge on any atom is 0.218 e. The second kappa shape index (κ2) is 9.91. The molecule has 2 aliphatic heterocycles. The molecule has 1 saturated heterocycles. The van der Waals surface area contributed by atoms with E-state index in [2.05, 4.69) is 55.6 Å². The number of carbonyl (C=O) groups is 1. The molecule has 0 radical (unpaired) electrons. The lowest BCUT2D eigenvalue weighted by Crippen LogP contribution is -2.47. The summed E-state index contributed by atoms with van der Waals surface area (Å²) in [6, 6.07) is 6.20. The maximum absolute atomic E-state index is 11.1. The molecule has 3 aromatic heterocycles. The molecule has 5 heterocycles. The van der Waals surface area contributed by atoms with Crippen LogP contribution in [0.1, 0.15) is 36.2 Å². The summed E-state index contributed by atoms with van der Waals surface area (Å²) in [4.78, 5) is 41.0. The summed E-state index contributed by atoms with van der Waals surface area (Å²) in [5.74, 6) is 2.84. The molecule has 5 rings (SSSR count). The first-order valence-corrected chi connectivity index (χ1v) is 12.1. The van der Waals surface area contributed by atoms with Crippen molar-refractivity contribution < 1.29 is 4.79 Å². The molecule has 1 unspecified atom stereocenters. The van der Waals surface area contributed by atoms with Crippen LogP contribution in [0.4, 0.5) is 11.6 Å². The molecule has 0 spiro atoms. The van der Waals surface area contributed by atoms with Crippen molar-refractivity contribution in [2.45, 2.75) is 32.7 Å². The summed E-state index contributed by atoms with van der Waals surface area (Å²) in [7, 11) is 0. The standard InChI is InChI=1S/C25H31N9O/c1-17-14-22(33-12-10-32(11-13-33)8-5-21(26)35)31-23(15-17)34-9-4-20-19(18(34)2)16-29-25(30-20)24-27-6-3-7-28-24/h3,6-7,14-16,18H,4-5,8-13H2,1-2H3,(H2,26,35). The Bertz CT molecular complexity index is 1190. The van der Waals surface area contributed by atoms with E-state index in [9.17, 15) is 4.79 Å². The van der Waals surface area contributed by atoms with Crippen LogP contribution in [-0.4, -0.2) is 75.0 Å². The number of carbonyl (C=O) groups excluding carboxylic acids is 1. The normalized spacial score (nSPS) is 18.4. The van der Waals surface area contributed by atoms with Gasteiger partial charge in [-0.05, 0) is 37.6 Å². The number of fused-ring (bicyclic) bond motifs is 1. The molecule has 2 aliphatic rings. The van der Waals surface area contributed by atoms with Crippen LogP contribution < -0.4 is 15.5 Å². The summed E-state index contributed by atoms with van der Waals surface area (Å²) < 4.78 is 0. The third kappa shape index (κ3) is 5.07. The second-order valence-electron chi connectivity index (χ2n) is 9.19. The van der Waals surface area contributed by atoms with Crippen LogP contribution in [0.25, 0.3) is 11.6 Å². The Morgan fingerprint density at radius 3 is 2.49 bits per heavy atom. The number of amides is 1. The maximum atomic E-state index is 11.1. The van der Waals surface area contributed by atoms with Gasteiger partial charge in [0.2, 0.25) is 5.91 Å². The minimum absolute atomic E-state index is 0.109. The number of anilines is 2. The van der Waals surface area contributed by atoms with Gasteiger partial charge in [-0.1, -0.05) is 0 Å². The average molecular weight is 474 g/mol. The van der Waals surface area contributed by atoms with Crippen LogP contribution in [0.3, 0.4) is 0 Å². The molecular formula is C25H31N9O. The average Bonchev–Trinajstić information content (AvgIpc) is 2.88. The highest BCUT2D eigenvalue weighted by molar-refractivity contribution is 5.73. The lowest BCUT2D eigenvalue weighted by Gasteiger charge is -2.38. The topological polar surface area (TPSA) is 117 Å². The van der Waals surface area contributed by atoms with Gasteiger partial charge in [-0.2, -0.15) is 0 Å². The lowest BCUT2D eigenvalue weighted by atomic mass is 9.99. The van der Waals surface area contributed by atoms with Crippen LogP contribution in [0.15, 0.2) is 36.8 Å². The number of aryl methyl sites for hydroxylation is 1. The van der Waals surface area contributed by atoms with Crippen molar-refractivity contribution >= 4 is 17.5 Å². The van der Waals surface area contributed by atoms with Gasteiger partial charge in [-0.15, -0.1) is 0 Å². The van der Waals surface area contributed by atoms with Crippen LogP contribution in [0, 0.1) is 6.92 Å². The van der Waals surface area contributed by atoms with E-state index >= 15 is 0 Å². The summed E-state index contributed by atoms with van der Waals surface area (Å²) in [5, 5.41) is 0. The summed E-state index contributed by atoms with van der Waals surface area (Å²) in [6.07, 6.45) is 6.54. The largest absolute Gasteiger partial charge is 0.370 e. The van der Waals surface area contributed by atoms with E-state index in [1.165, 1.54) is 5.56 Å². The van der Waals surface area contributed by atoms with E-state index in [1.54, 1.807) is 18.5 Å². The van der Waals surface area contributed by atoms with Crippen molar-refractivity contribution in [2.24, 2.45) is 5.73 Å². The molecule has 10 heteroatoms. The van der Waals surface area contributed by atoms with E-state index in [4.69, 9.17) is 15.7 Å². The van der Waals surface area contributed by atoms with Crippen molar-refractivity contribution in [3.05, 3.63) is 53.6 Å². The summed E-state index contributed by atoms with van der Waals surface area (Å²) >= 11 is 0. The summed E-state index contributed by atoms with van der Waals surface area (Å²) in [5.41, 5.74) is 8.65. The zero-order valence-electron chi connectivity index (χ0n) is 20.3. The molecule has 182 valence electrons. The van der Waals surface area contributed by atoms with Gasteiger partial charge in [0.15, 0.2) is 11.6 Å². The molecule has 10 nitrogen and oxygen atoms in total. The van der Waals surface area contributed by atoms with Crippen LogP contribution in [0.2, 0.25) is 0 Å². The SMILES string of the molecule is Cc1cc(N2CCN(CCC(N)=O)CC2)nc(N2CCc3nc(-c4ncccn4)ncc3C2C)c1. The van der Waals surface area contributed by atoms with Crippen molar-refractivity contribution in [2.75, 3.05) is 49.1 Å². The molecule has 0 aromatic carbocycles. The monoisotopic (exact) mass is 473 g/mol. The number of pyridine rings is 1. The van der Waals surface area contributed by atoms with Gasteiger partial charge >= 0.3 is 0 Å². The Balaban J connectivity index is 1.32. The van der Waals surface area contributed by atoms with Gasteiger partial charge in [-0.3, -0.25) is 9.69 Å². The molecule has 1 amide bonds. The minimum atomic E-state index is -0.246. The van der Waals surface area contributed by atoms with E-state index < -0.39 is 0 Å². The molecule has 1 fully saturated rings. The Morgan fingerprint density at radius 2 is 1.74 bits per heavy atom. The highest BCUT2D eigenvalue weighted by Gasteiger charge is 2.28. The number of aromatic nitrogens is 5. The van der Waals surface area contributed by atoms with E-state index in [0.29, 0.717) is 18.1 Å². The van der Waals surface area contributed by atoms with Gasteiger partial charge in [0, 0.05) is 76.3 Å². The molecule has 2 N–H and O–H groups in total. The van der Waals surface area contributed by atoms with Gasteiger partial charge in [0.25, 0.3) is 0 Å². The van der Waals surface area contributed by atoms with E-state index in [1.807, 2.05) is 6.20 Å². The fourth-order valence-corrected chi connectivity index (χ4v) is 4.81. The fraction of sp³-hybridized carbons (Fsp3) is 0.440. The number of primary amides is 1. The number of rotatable bonds is 6. The van der Waals surface area contributed by atoms with E-state index in [-0.39, 0.29) is 11.9 Å². The van der Waals surface area contributed by atoms with Gasteiger partial charge in [-0.25, -0.2) is 24.9 Å². The quantitative estimate of drug-likeness (QED) is 0.571. The van der Waals surface area contributed by atoms with Crippen LogP contribution in [0.5, 0.6) is 0 Å². The third-order valence-corrected chi connectivity index (χ3v) is 6.78. The van der Waals surface area contributed by atoms with Crippen molar-refractivity contribution in [3.63, 3.8) is 0 Å². The predicted octanol–water partition coefficient (Wildman–Crippen LogP) is 1.76. The van der Waals surface area contributed by atoms with Gasteiger partial charge in [0.1, 0.15) is 11.6 Å². The molecule has 0 bridgehead atoms. The van der Waals surface area contributed by atoms with Crippen LogP contribution >= 0.6 is 0 Å². The van der Waals surface area contributed by atoms with Crippen molar-refractivity contribution in [3.8, 4) is 11.6 Å². The first kappa shape index (κ1) is 23.1. The first-order valence-electron chi connectivity index (χ1n) is 12.1. The number of hydrogen-bond acceptors (Lipinski definition) is 9. The van der Waals surface area contributed by atoms with Gasteiger partial charge in [0.05, 0.1) is 11.7 Å². The second-order valence-corrected chi connectivity index (χ2v) is 9.19. The number of nitrogens with zero attached hydrogens (tertiary/aromatic N) is 8. The zero-order valence-corrected chi connectivity index (χ0v) is 20.3. The smallest absolute Gasteiger partial charge is 0.218 e. The summed E-state index contributed by atoms with van der Waals surface area (Å²) in [6.45, 7) is 9.41. The Hall–Kier alpha value is -3.66. The lowest BCUT2D eigenvalue weighted by molar-refractivity contribution is -0.118. The molecule has 3 aromatic rings. The number of hydrogen-bond donors (Lipinski definition) is 1. The highest BCUT2D eigenvalue weighted by Crippen LogP contribution is 2.33. The first-order chi connectivity index (χ1) is 17.0. The predicted molar refractivity (Wildman–Crippen MR) is 134 cm³/mol. The minimum Gasteiger partial charge on any atom is -0.370 e. The molecular weight excluding hydrogens is 442 g/mol. The molecule has 0 aliphatic carbocycles. The highest BCUT2D eigenvalue weighted by atomic mass is 16.1. The van der Waals surface area contributed by atoms with Crippen LogP contribution in [-0.2, 0) is 11.2 Å². The fourth-order valence-electron chi connectivity index (χ4n) is 4.81. The Kier molecular flexibility index (Phi) is 6.54. The number of nitrogens with two attached hydrogens (primary N) is 1. The zero-order chi connectivity index (χ0) is 24.4. The van der Waals surface area contributed by atoms with Crippen molar-refractivity contribution in [1.82, 2.24) is 29.8 Å². The third-order valence-electron chi connectivity index (χ3n) is 6.78. The Labute approximate surface area is 205 Å². The van der Waals surface area contributed by atoms with Crippen molar-refractivity contribution in [1.29, 1.82) is 0 Å². The Morgan fingerprint density at radius 1 is 1.00 bits per heavy atom. The van der Waals surface area contributed by atoms with E-state index in [0.717, 1.165) is 68.6 Å².